The van der Waals surface area contributed by atoms with E-state index in [1.807, 2.05) is 42.6 Å². The Bertz CT molecular complexity index is 513. The van der Waals surface area contributed by atoms with Crippen LogP contribution in [0, 0.1) is 0 Å². The van der Waals surface area contributed by atoms with Crippen LogP contribution in [0.1, 0.15) is 31.1 Å². The van der Waals surface area contributed by atoms with Crippen LogP contribution < -0.4 is 5.32 Å². The first-order valence-corrected chi connectivity index (χ1v) is 6.95. The van der Waals surface area contributed by atoms with Crippen LogP contribution in [0.15, 0.2) is 48.7 Å². The Morgan fingerprint density at radius 2 is 1.84 bits per heavy atom. The Morgan fingerprint density at radius 3 is 2.53 bits per heavy atom. The number of halogens is 1. The summed E-state index contributed by atoms with van der Waals surface area (Å²) in [6.45, 7) is 4.30. The normalized spacial score (nSPS) is 14.1. The summed E-state index contributed by atoms with van der Waals surface area (Å²) in [5.74, 6) is 0. The highest BCUT2D eigenvalue weighted by Crippen LogP contribution is 2.18. The first-order valence-electron chi connectivity index (χ1n) is 6.57. The molecule has 0 bridgehead atoms. The van der Waals surface area contributed by atoms with E-state index in [9.17, 15) is 0 Å². The van der Waals surface area contributed by atoms with Gasteiger partial charge in [0.05, 0.1) is 5.69 Å². The number of hydrogen-bond acceptors (Lipinski definition) is 2. The Hall–Kier alpha value is -1.38. The van der Waals surface area contributed by atoms with E-state index < -0.39 is 0 Å². The molecule has 2 unspecified atom stereocenters. The van der Waals surface area contributed by atoms with E-state index in [0.717, 1.165) is 17.1 Å². The van der Waals surface area contributed by atoms with Gasteiger partial charge in [-0.2, -0.15) is 0 Å². The fraction of sp³-hybridized carbons (Fsp3) is 0.312. The van der Waals surface area contributed by atoms with Crippen molar-refractivity contribution in [1.29, 1.82) is 0 Å². The molecule has 1 N–H and O–H groups in total. The standard InChI is InChI=1S/C16H19ClN2/c1-12(11-14-7-3-4-8-15(14)17)19-13(2)16-9-5-6-10-18-16/h3-10,12-13,19H,11H2,1-2H3. The third kappa shape index (κ3) is 4.05. The van der Waals surface area contributed by atoms with Crippen LogP contribution >= 0.6 is 11.6 Å². The lowest BCUT2D eigenvalue weighted by atomic mass is 10.1. The molecule has 0 saturated carbocycles. The van der Waals surface area contributed by atoms with E-state index in [1.165, 1.54) is 5.56 Å². The van der Waals surface area contributed by atoms with Gasteiger partial charge in [-0.15, -0.1) is 0 Å². The van der Waals surface area contributed by atoms with Crippen LogP contribution in [-0.4, -0.2) is 11.0 Å². The van der Waals surface area contributed by atoms with Crippen molar-refractivity contribution < 1.29 is 0 Å². The van der Waals surface area contributed by atoms with Crippen molar-refractivity contribution in [1.82, 2.24) is 10.3 Å². The average Bonchev–Trinajstić information content (AvgIpc) is 2.42. The molecule has 0 amide bonds. The summed E-state index contributed by atoms with van der Waals surface area (Å²) >= 11 is 6.18. The molecule has 0 spiro atoms. The summed E-state index contributed by atoms with van der Waals surface area (Å²) < 4.78 is 0. The highest BCUT2D eigenvalue weighted by molar-refractivity contribution is 6.31. The van der Waals surface area contributed by atoms with Crippen LogP contribution in [0.25, 0.3) is 0 Å². The zero-order valence-electron chi connectivity index (χ0n) is 11.3. The van der Waals surface area contributed by atoms with E-state index in [-0.39, 0.29) is 6.04 Å². The van der Waals surface area contributed by atoms with Gasteiger partial charge in [-0.1, -0.05) is 35.9 Å². The quantitative estimate of drug-likeness (QED) is 0.891. The lowest BCUT2D eigenvalue weighted by Gasteiger charge is -2.20. The lowest BCUT2D eigenvalue weighted by Crippen LogP contribution is -2.31. The summed E-state index contributed by atoms with van der Waals surface area (Å²) in [4.78, 5) is 4.37. The Morgan fingerprint density at radius 1 is 1.11 bits per heavy atom. The van der Waals surface area contributed by atoms with E-state index >= 15 is 0 Å². The fourth-order valence-corrected chi connectivity index (χ4v) is 2.41. The van der Waals surface area contributed by atoms with Gasteiger partial charge in [0.15, 0.2) is 0 Å². The van der Waals surface area contributed by atoms with Gasteiger partial charge in [0, 0.05) is 23.3 Å². The molecule has 1 heterocycles. The van der Waals surface area contributed by atoms with Gasteiger partial charge in [0.1, 0.15) is 0 Å². The molecule has 0 fully saturated rings. The van der Waals surface area contributed by atoms with E-state index in [2.05, 4.69) is 30.2 Å². The maximum absolute atomic E-state index is 6.18. The number of aromatic nitrogens is 1. The zero-order chi connectivity index (χ0) is 13.7. The zero-order valence-corrected chi connectivity index (χ0v) is 12.1. The minimum atomic E-state index is 0.235. The minimum Gasteiger partial charge on any atom is -0.306 e. The molecular formula is C16H19ClN2. The van der Waals surface area contributed by atoms with Gasteiger partial charge < -0.3 is 5.32 Å². The van der Waals surface area contributed by atoms with Crippen LogP contribution in [-0.2, 0) is 6.42 Å². The third-order valence-electron chi connectivity index (χ3n) is 3.15. The van der Waals surface area contributed by atoms with E-state index in [0.29, 0.717) is 6.04 Å². The lowest BCUT2D eigenvalue weighted by molar-refractivity contribution is 0.470. The summed E-state index contributed by atoms with van der Waals surface area (Å²) in [6, 6.07) is 14.6. The predicted octanol–water partition coefficient (Wildman–Crippen LogP) is 4.02. The van der Waals surface area contributed by atoms with E-state index in [4.69, 9.17) is 11.6 Å². The molecule has 0 aliphatic carbocycles. The molecule has 1 aromatic carbocycles. The average molecular weight is 275 g/mol. The second-order valence-corrected chi connectivity index (χ2v) is 5.25. The molecule has 2 rings (SSSR count). The van der Waals surface area contributed by atoms with Crippen molar-refractivity contribution in [3.63, 3.8) is 0 Å². The van der Waals surface area contributed by atoms with Crippen LogP contribution in [0.5, 0.6) is 0 Å². The Kier molecular flexibility index (Phi) is 4.94. The Labute approximate surface area is 119 Å². The molecule has 19 heavy (non-hydrogen) atoms. The van der Waals surface area contributed by atoms with Crippen molar-refractivity contribution in [3.8, 4) is 0 Å². The van der Waals surface area contributed by atoms with Crippen molar-refractivity contribution in [2.45, 2.75) is 32.4 Å². The first kappa shape index (κ1) is 14.0. The molecule has 2 nitrogen and oxygen atoms in total. The highest BCUT2D eigenvalue weighted by Gasteiger charge is 2.11. The molecular weight excluding hydrogens is 256 g/mol. The van der Waals surface area contributed by atoms with Crippen molar-refractivity contribution in [2.75, 3.05) is 0 Å². The van der Waals surface area contributed by atoms with Gasteiger partial charge >= 0.3 is 0 Å². The predicted molar refractivity (Wildman–Crippen MR) is 80.4 cm³/mol. The largest absolute Gasteiger partial charge is 0.306 e. The molecule has 0 aliphatic heterocycles. The minimum absolute atomic E-state index is 0.235. The smallest absolute Gasteiger partial charge is 0.0570 e. The van der Waals surface area contributed by atoms with Gasteiger partial charge in [-0.05, 0) is 44.0 Å². The molecule has 2 atom stereocenters. The number of nitrogens with one attached hydrogen (secondary N) is 1. The number of nitrogens with zero attached hydrogens (tertiary/aromatic N) is 1. The highest BCUT2D eigenvalue weighted by atomic mass is 35.5. The monoisotopic (exact) mass is 274 g/mol. The van der Waals surface area contributed by atoms with Crippen molar-refractivity contribution in [3.05, 3.63) is 64.9 Å². The summed E-state index contributed by atoms with van der Waals surface area (Å²) in [7, 11) is 0. The first-order chi connectivity index (χ1) is 9.16. The maximum atomic E-state index is 6.18. The van der Waals surface area contributed by atoms with Gasteiger partial charge in [0.25, 0.3) is 0 Å². The SMILES string of the molecule is CC(Cc1ccccc1Cl)NC(C)c1ccccn1. The second kappa shape index (κ2) is 6.69. The molecule has 100 valence electrons. The third-order valence-corrected chi connectivity index (χ3v) is 3.52. The van der Waals surface area contributed by atoms with Crippen molar-refractivity contribution >= 4 is 11.6 Å². The summed E-state index contributed by atoms with van der Waals surface area (Å²) in [6.07, 6.45) is 2.74. The summed E-state index contributed by atoms with van der Waals surface area (Å²) in [5.41, 5.74) is 2.24. The number of pyridine rings is 1. The fourth-order valence-electron chi connectivity index (χ4n) is 2.20. The van der Waals surface area contributed by atoms with Gasteiger partial charge in [-0.25, -0.2) is 0 Å². The van der Waals surface area contributed by atoms with Crippen molar-refractivity contribution in [2.24, 2.45) is 0 Å². The second-order valence-electron chi connectivity index (χ2n) is 4.84. The van der Waals surface area contributed by atoms with E-state index in [1.54, 1.807) is 0 Å². The topological polar surface area (TPSA) is 24.9 Å². The number of rotatable bonds is 5. The van der Waals surface area contributed by atoms with Crippen LogP contribution in [0.3, 0.4) is 0 Å². The van der Waals surface area contributed by atoms with Gasteiger partial charge in [0.2, 0.25) is 0 Å². The molecule has 3 heteroatoms. The Balaban J connectivity index is 1.95. The summed E-state index contributed by atoms with van der Waals surface area (Å²) in [5, 5.41) is 4.39. The number of hydrogen-bond donors (Lipinski definition) is 1. The van der Waals surface area contributed by atoms with Crippen LogP contribution in [0.2, 0.25) is 5.02 Å². The van der Waals surface area contributed by atoms with Crippen LogP contribution in [0.4, 0.5) is 0 Å². The molecule has 0 saturated heterocycles. The molecule has 1 aromatic heterocycles. The maximum Gasteiger partial charge on any atom is 0.0570 e. The number of benzene rings is 1. The molecule has 0 radical (unpaired) electrons. The molecule has 0 aliphatic rings. The molecule has 2 aromatic rings. The van der Waals surface area contributed by atoms with Gasteiger partial charge in [-0.3, -0.25) is 4.98 Å².